The van der Waals surface area contributed by atoms with Crippen LogP contribution in [0.25, 0.3) is 11.1 Å². The predicted molar refractivity (Wildman–Crippen MR) is 92.8 cm³/mol. The lowest BCUT2D eigenvalue weighted by atomic mass is 9.85. The monoisotopic (exact) mass is 319 g/mol. The van der Waals surface area contributed by atoms with Crippen LogP contribution in [-0.4, -0.2) is 36.6 Å². The molecule has 2 aromatic rings. The molecular formula is C21H21NO2. The van der Waals surface area contributed by atoms with Crippen molar-refractivity contribution in [1.29, 1.82) is 0 Å². The molecule has 0 radical (unpaired) electrons. The number of esters is 1. The van der Waals surface area contributed by atoms with Gasteiger partial charge < -0.3 is 4.74 Å². The second-order valence-corrected chi connectivity index (χ2v) is 7.22. The summed E-state index contributed by atoms with van der Waals surface area (Å²) in [6, 6.07) is 16.5. The Morgan fingerprint density at radius 3 is 2.04 bits per heavy atom. The van der Waals surface area contributed by atoms with Crippen LogP contribution < -0.4 is 0 Å². The highest BCUT2D eigenvalue weighted by atomic mass is 16.5. The van der Waals surface area contributed by atoms with Gasteiger partial charge in [0.2, 0.25) is 0 Å². The fourth-order valence-corrected chi connectivity index (χ4v) is 4.67. The number of nitrogens with zero attached hydrogens (tertiary/aromatic N) is 1. The first-order valence-electron chi connectivity index (χ1n) is 8.92. The Morgan fingerprint density at radius 1 is 0.917 bits per heavy atom. The number of carbonyl (C=O) groups excluding carboxylic acids is 1. The number of rotatable bonds is 2. The lowest BCUT2D eigenvalue weighted by Crippen LogP contribution is -2.52. The molecule has 3 nitrogen and oxygen atoms in total. The molecule has 4 aliphatic rings. The first kappa shape index (κ1) is 14.2. The van der Waals surface area contributed by atoms with Crippen molar-refractivity contribution in [1.82, 2.24) is 4.90 Å². The second-order valence-electron chi connectivity index (χ2n) is 7.22. The van der Waals surface area contributed by atoms with Gasteiger partial charge in [-0.15, -0.1) is 0 Å². The van der Waals surface area contributed by atoms with Gasteiger partial charge in [-0.2, -0.15) is 0 Å². The molecule has 0 saturated carbocycles. The zero-order valence-corrected chi connectivity index (χ0v) is 13.7. The molecule has 3 heterocycles. The predicted octanol–water partition coefficient (Wildman–Crippen LogP) is 3.44. The van der Waals surface area contributed by atoms with Gasteiger partial charge in [0.15, 0.2) is 0 Å². The van der Waals surface area contributed by atoms with Crippen molar-refractivity contribution < 1.29 is 9.53 Å². The van der Waals surface area contributed by atoms with Crippen LogP contribution in [0.1, 0.15) is 29.9 Å². The molecule has 0 aromatic heterocycles. The smallest absolute Gasteiger partial charge is 0.318 e. The van der Waals surface area contributed by atoms with Crippen molar-refractivity contribution in [3.8, 4) is 11.1 Å². The van der Waals surface area contributed by atoms with Crippen LogP contribution in [0.3, 0.4) is 0 Å². The van der Waals surface area contributed by atoms with E-state index in [1.54, 1.807) is 0 Å². The third kappa shape index (κ3) is 2.11. The Morgan fingerprint density at radius 2 is 1.50 bits per heavy atom. The molecule has 122 valence electrons. The molecule has 3 aliphatic heterocycles. The zero-order valence-electron chi connectivity index (χ0n) is 13.7. The summed E-state index contributed by atoms with van der Waals surface area (Å²) in [5.41, 5.74) is 4.52. The summed E-state index contributed by atoms with van der Waals surface area (Å²) in [5.74, 6) is 0.199. The average molecular weight is 319 g/mol. The van der Waals surface area contributed by atoms with E-state index in [9.17, 15) is 4.79 Å². The van der Waals surface area contributed by atoms with Gasteiger partial charge in [0.25, 0.3) is 0 Å². The lowest BCUT2D eigenvalue weighted by Gasteiger charge is -2.44. The maximum Gasteiger partial charge on any atom is 0.318 e. The third-order valence-corrected chi connectivity index (χ3v) is 5.93. The molecule has 24 heavy (non-hydrogen) atoms. The topological polar surface area (TPSA) is 29.5 Å². The zero-order chi connectivity index (χ0) is 16.1. The van der Waals surface area contributed by atoms with Crippen molar-refractivity contribution in [2.45, 2.75) is 24.9 Å². The highest BCUT2D eigenvalue weighted by Crippen LogP contribution is 2.45. The fourth-order valence-electron chi connectivity index (χ4n) is 4.67. The fraction of sp³-hybridized carbons (Fsp3) is 0.381. The molecule has 0 spiro atoms. The summed E-state index contributed by atoms with van der Waals surface area (Å²) in [6.45, 7) is 3.23. The molecule has 3 heteroatoms. The maximum absolute atomic E-state index is 13.1. The van der Waals surface area contributed by atoms with E-state index in [4.69, 9.17) is 4.74 Å². The maximum atomic E-state index is 13.1. The molecule has 2 bridgehead atoms. The number of fused-ring (bicyclic) bond motifs is 6. The van der Waals surface area contributed by atoms with Crippen molar-refractivity contribution in [3.63, 3.8) is 0 Å². The number of carbonyl (C=O) groups is 1. The summed E-state index contributed by atoms with van der Waals surface area (Å²) < 4.78 is 6.04. The molecule has 1 unspecified atom stereocenters. The van der Waals surface area contributed by atoms with Gasteiger partial charge >= 0.3 is 5.97 Å². The van der Waals surface area contributed by atoms with E-state index in [1.807, 2.05) is 24.3 Å². The minimum atomic E-state index is -0.271. The Labute approximate surface area is 142 Å². The summed E-state index contributed by atoms with van der Waals surface area (Å²) in [5, 5.41) is 0. The molecular weight excluding hydrogens is 298 g/mol. The van der Waals surface area contributed by atoms with Gasteiger partial charge in [-0.1, -0.05) is 48.5 Å². The van der Waals surface area contributed by atoms with Gasteiger partial charge in [0, 0.05) is 6.54 Å². The molecule has 3 saturated heterocycles. The highest BCUT2D eigenvalue weighted by molar-refractivity contribution is 5.93. The van der Waals surface area contributed by atoms with Crippen LogP contribution >= 0.6 is 0 Å². The van der Waals surface area contributed by atoms with Gasteiger partial charge in [-0.25, -0.2) is 0 Å². The molecule has 3 fully saturated rings. The molecule has 6 rings (SSSR count). The van der Waals surface area contributed by atoms with E-state index < -0.39 is 0 Å². The molecule has 1 atom stereocenters. The van der Waals surface area contributed by atoms with Crippen LogP contribution in [0.4, 0.5) is 0 Å². The van der Waals surface area contributed by atoms with Gasteiger partial charge in [0.1, 0.15) is 12.0 Å². The summed E-state index contributed by atoms with van der Waals surface area (Å²) in [6.07, 6.45) is 2.39. The molecule has 1 aliphatic carbocycles. The molecule has 0 N–H and O–H groups in total. The van der Waals surface area contributed by atoms with Gasteiger partial charge in [-0.3, -0.25) is 9.69 Å². The van der Waals surface area contributed by atoms with E-state index >= 15 is 0 Å². The van der Waals surface area contributed by atoms with Crippen LogP contribution in [0.2, 0.25) is 0 Å². The van der Waals surface area contributed by atoms with E-state index in [-0.39, 0.29) is 18.0 Å². The Hall–Kier alpha value is -2.13. The quantitative estimate of drug-likeness (QED) is 0.794. The molecule has 2 aromatic carbocycles. The van der Waals surface area contributed by atoms with E-state index in [1.165, 1.54) is 11.1 Å². The van der Waals surface area contributed by atoms with Crippen molar-refractivity contribution in [2.24, 2.45) is 5.92 Å². The van der Waals surface area contributed by atoms with Crippen LogP contribution in [0.15, 0.2) is 48.5 Å². The van der Waals surface area contributed by atoms with E-state index in [2.05, 4.69) is 29.2 Å². The first-order chi connectivity index (χ1) is 11.8. The minimum absolute atomic E-state index is 0.0694. The van der Waals surface area contributed by atoms with Crippen molar-refractivity contribution >= 4 is 5.97 Å². The van der Waals surface area contributed by atoms with E-state index in [0.717, 1.165) is 43.6 Å². The Bertz CT molecular complexity index is 746. The number of hydrogen-bond donors (Lipinski definition) is 0. The first-order valence-corrected chi connectivity index (χ1v) is 8.92. The van der Waals surface area contributed by atoms with Crippen molar-refractivity contribution in [3.05, 3.63) is 59.7 Å². The number of piperidine rings is 3. The number of hydrogen-bond acceptors (Lipinski definition) is 3. The summed E-state index contributed by atoms with van der Waals surface area (Å²) in [4.78, 5) is 15.5. The number of benzene rings is 2. The second kappa shape index (κ2) is 5.45. The van der Waals surface area contributed by atoms with E-state index in [0.29, 0.717) is 5.92 Å². The largest absolute Gasteiger partial charge is 0.460 e. The van der Waals surface area contributed by atoms with Crippen LogP contribution in [0.5, 0.6) is 0 Å². The third-order valence-electron chi connectivity index (χ3n) is 5.93. The highest BCUT2D eigenvalue weighted by Gasteiger charge is 2.40. The normalized spacial score (nSPS) is 27.6. The lowest BCUT2D eigenvalue weighted by molar-refractivity contribution is -0.159. The van der Waals surface area contributed by atoms with Gasteiger partial charge in [-0.05, 0) is 54.1 Å². The summed E-state index contributed by atoms with van der Waals surface area (Å²) >= 11 is 0. The minimum Gasteiger partial charge on any atom is -0.460 e. The Balaban J connectivity index is 1.47. The van der Waals surface area contributed by atoms with Gasteiger partial charge in [0.05, 0.1) is 0 Å². The van der Waals surface area contributed by atoms with Crippen molar-refractivity contribution in [2.75, 3.05) is 19.6 Å². The van der Waals surface area contributed by atoms with Crippen LogP contribution in [0, 0.1) is 5.92 Å². The number of ether oxygens (including phenoxy) is 1. The van der Waals surface area contributed by atoms with Crippen LogP contribution in [-0.2, 0) is 9.53 Å². The SMILES string of the molecule is O=C(OC1CN2CCC1CC2)C1c2ccccc2-c2ccccc21. The summed E-state index contributed by atoms with van der Waals surface area (Å²) in [7, 11) is 0. The molecule has 0 amide bonds. The Kier molecular flexibility index (Phi) is 3.23. The average Bonchev–Trinajstić information content (AvgIpc) is 2.97. The standard InChI is InChI=1S/C21H21NO2/c23-21(24-19-13-22-11-9-14(19)10-12-22)20-17-7-3-1-5-15(17)16-6-2-4-8-18(16)20/h1-8,14,19-20H,9-13H2.